The second-order valence-corrected chi connectivity index (χ2v) is 4.40. The van der Waals surface area contributed by atoms with Crippen molar-refractivity contribution in [2.75, 3.05) is 12.8 Å². The Hall–Kier alpha value is -2.27. The van der Waals surface area contributed by atoms with Crippen molar-refractivity contribution in [3.63, 3.8) is 0 Å². The molecule has 1 aromatic carbocycles. The zero-order chi connectivity index (χ0) is 13.4. The normalized spacial score (nSPS) is 10.8. The quantitative estimate of drug-likeness (QED) is 0.576. The number of rotatable bonds is 2. The molecule has 0 atom stereocenters. The van der Waals surface area contributed by atoms with Crippen molar-refractivity contribution < 1.29 is 4.74 Å². The first-order valence-corrected chi connectivity index (χ1v) is 6.02. The Morgan fingerprint density at radius 3 is 2.79 bits per heavy atom. The lowest BCUT2D eigenvalue weighted by molar-refractivity contribution is 0.417. The van der Waals surface area contributed by atoms with Gasteiger partial charge in [-0.2, -0.15) is 0 Å². The molecule has 0 bridgehead atoms. The van der Waals surface area contributed by atoms with E-state index in [1.54, 1.807) is 29.8 Å². The number of halogens is 1. The van der Waals surface area contributed by atoms with Crippen LogP contribution < -0.4 is 10.5 Å². The summed E-state index contributed by atoms with van der Waals surface area (Å²) in [6.45, 7) is 0. The van der Waals surface area contributed by atoms with Gasteiger partial charge in [0.1, 0.15) is 10.9 Å². The maximum Gasteiger partial charge on any atom is 0.182 e. The van der Waals surface area contributed by atoms with Gasteiger partial charge < -0.3 is 10.5 Å². The molecule has 0 aliphatic heterocycles. The fraction of sp³-hybridized carbons (Fsp3) is 0.0769. The minimum atomic E-state index is 0.512. The van der Waals surface area contributed by atoms with Crippen LogP contribution in [0.5, 0.6) is 5.75 Å². The minimum absolute atomic E-state index is 0.512. The summed E-state index contributed by atoms with van der Waals surface area (Å²) in [4.78, 5) is 4.41. The van der Waals surface area contributed by atoms with Crippen molar-refractivity contribution in [2.24, 2.45) is 0 Å². The van der Waals surface area contributed by atoms with Gasteiger partial charge in [-0.05, 0) is 30.3 Å². The first kappa shape index (κ1) is 11.8. The molecular weight excluding hydrogens is 264 g/mol. The lowest BCUT2D eigenvalue weighted by atomic mass is 10.2. The number of pyridine rings is 1. The molecule has 2 heterocycles. The number of hydrogen-bond donors (Lipinski definition) is 1. The van der Waals surface area contributed by atoms with Crippen molar-refractivity contribution in [3.05, 3.63) is 41.6 Å². The summed E-state index contributed by atoms with van der Waals surface area (Å²) in [5.41, 5.74) is 7.94. The number of nitrogens with zero attached hydrogens (tertiary/aromatic N) is 3. The molecule has 2 aromatic heterocycles. The zero-order valence-electron chi connectivity index (χ0n) is 10.2. The van der Waals surface area contributed by atoms with Crippen LogP contribution in [0, 0.1) is 0 Å². The lowest BCUT2D eigenvalue weighted by Crippen LogP contribution is -1.93. The van der Waals surface area contributed by atoms with Crippen LogP contribution in [0.4, 0.5) is 5.69 Å². The van der Waals surface area contributed by atoms with Gasteiger partial charge in [-0.15, -0.1) is 5.10 Å². The molecule has 0 fully saturated rings. The van der Waals surface area contributed by atoms with Crippen LogP contribution in [0.3, 0.4) is 0 Å². The molecule has 3 rings (SSSR count). The van der Waals surface area contributed by atoms with Crippen LogP contribution >= 0.6 is 11.6 Å². The van der Waals surface area contributed by atoms with E-state index in [4.69, 9.17) is 22.1 Å². The number of aromatic nitrogens is 3. The number of benzene rings is 1. The summed E-state index contributed by atoms with van der Waals surface area (Å²) in [6, 6.07) is 10.9. The standard InChI is InChI=1S/C13H11ClN4O/c1-19-10-6-5-8(7-9(10)15)13-16-12-4-2-3-11(14)18(12)17-13/h2-7H,15H2,1H3. The summed E-state index contributed by atoms with van der Waals surface area (Å²) in [5.74, 6) is 1.20. The van der Waals surface area contributed by atoms with Crippen LogP contribution in [0.25, 0.3) is 17.0 Å². The van der Waals surface area contributed by atoms with Gasteiger partial charge in [0, 0.05) is 5.56 Å². The Morgan fingerprint density at radius 1 is 1.26 bits per heavy atom. The van der Waals surface area contributed by atoms with Crippen molar-refractivity contribution in [1.29, 1.82) is 0 Å². The highest BCUT2D eigenvalue weighted by atomic mass is 35.5. The zero-order valence-corrected chi connectivity index (χ0v) is 10.9. The first-order valence-electron chi connectivity index (χ1n) is 5.64. The third-order valence-electron chi connectivity index (χ3n) is 2.80. The molecule has 0 spiro atoms. The molecule has 96 valence electrons. The number of fused-ring (bicyclic) bond motifs is 1. The van der Waals surface area contributed by atoms with Crippen molar-refractivity contribution in [2.45, 2.75) is 0 Å². The third kappa shape index (κ3) is 1.98. The van der Waals surface area contributed by atoms with Crippen molar-refractivity contribution in [1.82, 2.24) is 14.6 Å². The maximum absolute atomic E-state index is 6.05. The largest absolute Gasteiger partial charge is 0.495 e. The number of hydrogen-bond acceptors (Lipinski definition) is 4. The SMILES string of the molecule is COc1ccc(-c2nc3cccc(Cl)n3n2)cc1N. The molecule has 0 aliphatic carbocycles. The minimum Gasteiger partial charge on any atom is -0.495 e. The molecule has 0 aliphatic rings. The fourth-order valence-electron chi connectivity index (χ4n) is 1.87. The summed E-state index contributed by atoms with van der Waals surface area (Å²) >= 11 is 6.05. The van der Waals surface area contributed by atoms with E-state index >= 15 is 0 Å². The predicted octanol–water partition coefficient (Wildman–Crippen LogP) is 2.64. The number of nitrogens with two attached hydrogens (primary N) is 1. The lowest BCUT2D eigenvalue weighted by Gasteiger charge is -2.04. The topological polar surface area (TPSA) is 65.4 Å². The first-order chi connectivity index (χ1) is 9.19. The molecule has 2 N–H and O–H groups in total. The van der Waals surface area contributed by atoms with E-state index in [2.05, 4.69) is 10.1 Å². The number of anilines is 1. The highest BCUT2D eigenvalue weighted by Gasteiger charge is 2.09. The Balaban J connectivity index is 2.14. The smallest absolute Gasteiger partial charge is 0.182 e. The number of ether oxygens (including phenoxy) is 1. The van der Waals surface area contributed by atoms with E-state index < -0.39 is 0 Å². The van der Waals surface area contributed by atoms with Crippen LogP contribution in [-0.2, 0) is 0 Å². The molecule has 0 radical (unpaired) electrons. The second kappa shape index (κ2) is 4.44. The summed E-state index contributed by atoms with van der Waals surface area (Å²) in [5, 5.41) is 4.87. The van der Waals surface area contributed by atoms with E-state index in [0.29, 0.717) is 28.1 Å². The number of nitrogen functional groups attached to an aromatic ring is 1. The summed E-state index contributed by atoms with van der Waals surface area (Å²) in [6.07, 6.45) is 0. The van der Waals surface area contributed by atoms with Gasteiger partial charge in [0.2, 0.25) is 0 Å². The Morgan fingerprint density at radius 2 is 2.11 bits per heavy atom. The van der Waals surface area contributed by atoms with Gasteiger partial charge in [0.05, 0.1) is 12.8 Å². The third-order valence-corrected chi connectivity index (χ3v) is 3.09. The van der Waals surface area contributed by atoms with Crippen LogP contribution in [-0.4, -0.2) is 21.7 Å². The number of methoxy groups -OCH3 is 1. The molecule has 0 saturated carbocycles. The van der Waals surface area contributed by atoms with Gasteiger partial charge in [-0.1, -0.05) is 17.7 Å². The molecule has 0 amide bonds. The molecule has 6 heteroatoms. The molecular formula is C13H11ClN4O. The van der Waals surface area contributed by atoms with E-state index in [1.807, 2.05) is 18.2 Å². The maximum atomic E-state index is 6.05. The Kier molecular flexibility index (Phi) is 2.76. The second-order valence-electron chi connectivity index (χ2n) is 4.01. The average Bonchev–Trinajstić information content (AvgIpc) is 2.84. The Bertz CT molecular complexity index is 753. The summed E-state index contributed by atoms with van der Waals surface area (Å²) in [7, 11) is 1.58. The van der Waals surface area contributed by atoms with E-state index in [0.717, 1.165) is 5.56 Å². The highest BCUT2D eigenvalue weighted by molar-refractivity contribution is 6.29. The predicted molar refractivity (Wildman–Crippen MR) is 74.4 cm³/mol. The monoisotopic (exact) mass is 274 g/mol. The molecule has 19 heavy (non-hydrogen) atoms. The Labute approximate surface area is 114 Å². The fourth-order valence-corrected chi connectivity index (χ4v) is 2.07. The van der Waals surface area contributed by atoms with Crippen LogP contribution in [0.2, 0.25) is 5.15 Å². The van der Waals surface area contributed by atoms with Crippen LogP contribution in [0.15, 0.2) is 36.4 Å². The van der Waals surface area contributed by atoms with E-state index in [-0.39, 0.29) is 0 Å². The van der Waals surface area contributed by atoms with Crippen molar-refractivity contribution >= 4 is 22.9 Å². The average molecular weight is 275 g/mol. The molecule has 0 unspecified atom stereocenters. The summed E-state index contributed by atoms with van der Waals surface area (Å²) < 4.78 is 6.70. The van der Waals surface area contributed by atoms with Gasteiger partial charge in [-0.25, -0.2) is 9.50 Å². The van der Waals surface area contributed by atoms with Crippen LogP contribution in [0.1, 0.15) is 0 Å². The molecule has 5 nitrogen and oxygen atoms in total. The highest BCUT2D eigenvalue weighted by Crippen LogP contribution is 2.27. The molecule has 0 saturated heterocycles. The van der Waals surface area contributed by atoms with Gasteiger partial charge in [0.25, 0.3) is 0 Å². The van der Waals surface area contributed by atoms with E-state index in [1.165, 1.54) is 0 Å². The molecule has 3 aromatic rings. The van der Waals surface area contributed by atoms with Gasteiger partial charge in [-0.3, -0.25) is 0 Å². The van der Waals surface area contributed by atoms with Gasteiger partial charge in [0.15, 0.2) is 11.5 Å². The van der Waals surface area contributed by atoms with Crippen molar-refractivity contribution in [3.8, 4) is 17.1 Å². The van der Waals surface area contributed by atoms with E-state index in [9.17, 15) is 0 Å². The van der Waals surface area contributed by atoms with Gasteiger partial charge >= 0.3 is 0 Å².